The van der Waals surface area contributed by atoms with Gasteiger partial charge in [0.15, 0.2) is 0 Å². The molecule has 1 aliphatic carbocycles. The number of ether oxygens (including phenoxy) is 1. The van der Waals surface area contributed by atoms with E-state index in [-0.39, 0.29) is 51.1 Å². The molecule has 6 N–H and O–H groups in total. The second-order valence-electron chi connectivity index (χ2n) is 16.4. The van der Waals surface area contributed by atoms with Crippen LogP contribution >= 0.6 is 11.6 Å². The standard InChI is InChI=1S/C49H60ClN5O7.2FH/c1-4-5-6-10-26-54(2)35-17-19-36(20-18-35)55(49(60)61)42-27-32(16-21-37(42)33-13-8-7-9-14-33)12-11-15-46(58)52-41-29-45(62-3)34(28-40(41)50)30-51-31-44(57)38-22-24-43(56)48-39(38)23-25-47(59)53-48;;/h7-9,13-14,16,21-25,27-29,35-36,44,51,56-57H,4-6,10-12,15,17-20,26,30-31H2,1-3H3,(H,52,58)(H,53,59)(H,60,61);2*1H/t35?,36?,44-;;/m1../s1. The number of aliphatic hydroxyl groups is 1. The Morgan fingerprint density at radius 1 is 0.922 bits per heavy atom. The van der Waals surface area contributed by atoms with Crippen molar-refractivity contribution in [3.8, 4) is 22.6 Å². The quantitative estimate of drug-likeness (QED) is 0.0417. The van der Waals surface area contributed by atoms with Crippen molar-refractivity contribution >= 4 is 45.9 Å². The number of H-pyrrole nitrogens is 1. The fourth-order valence-corrected chi connectivity index (χ4v) is 8.90. The number of hydrogen-bond acceptors (Lipinski definition) is 8. The smallest absolute Gasteiger partial charge is 0.412 e. The summed E-state index contributed by atoms with van der Waals surface area (Å²) in [6.07, 6.45) is 7.84. The van der Waals surface area contributed by atoms with Crippen LogP contribution in [0.2, 0.25) is 5.02 Å². The van der Waals surface area contributed by atoms with Gasteiger partial charge in [0.2, 0.25) is 11.5 Å². The van der Waals surface area contributed by atoms with Crippen LogP contribution in [0.1, 0.15) is 93.9 Å². The Kier molecular flexibility index (Phi) is 19.6. The first-order valence-corrected chi connectivity index (χ1v) is 22.2. The number of amides is 2. The van der Waals surface area contributed by atoms with Crippen molar-refractivity contribution < 1.29 is 39.1 Å². The van der Waals surface area contributed by atoms with Crippen molar-refractivity contribution in [2.75, 3.05) is 37.5 Å². The Balaban J connectivity index is 0.00000449. The van der Waals surface area contributed by atoms with E-state index >= 15 is 0 Å². The maximum Gasteiger partial charge on any atom is 0.412 e. The van der Waals surface area contributed by atoms with Crippen molar-refractivity contribution in [2.45, 2.75) is 102 Å². The molecule has 0 saturated heterocycles. The number of nitrogens with zero attached hydrogens (tertiary/aromatic N) is 2. The fraction of sp³-hybridized carbons (Fsp3) is 0.408. The normalized spacial score (nSPS) is 15.2. The number of nitrogens with one attached hydrogen (secondary N) is 3. The lowest BCUT2D eigenvalue weighted by molar-refractivity contribution is -0.116. The predicted molar refractivity (Wildman–Crippen MR) is 253 cm³/mol. The van der Waals surface area contributed by atoms with Crippen LogP contribution in [0, 0.1) is 0 Å². The number of hydrogen-bond donors (Lipinski definition) is 6. The first kappa shape index (κ1) is 51.1. The molecule has 0 spiro atoms. The summed E-state index contributed by atoms with van der Waals surface area (Å²) in [6, 6.07) is 25.6. The van der Waals surface area contributed by atoms with Crippen LogP contribution in [0.15, 0.2) is 89.7 Å². The van der Waals surface area contributed by atoms with Gasteiger partial charge in [0.05, 0.1) is 35.1 Å². The Bertz CT molecular complexity index is 2360. The average molecular weight is 907 g/mol. The molecular weight excluding hydrogens is 844 g/mol. The molecule has 1 aromatic heterocycles. The molecule has 1 aliphatic rings. The minimum atomic E-state index is -0.954. The summed E-state index contributed by atoms with van der Waals surface area (Å²) in [5, 5.41) is 38.9. The Morgan fingerprint density at radius 3 is 2.36 bits per heavy atom. The summed E-state index contributed by atoms with van der Waals surface area (Å²) < 4.78 is 5.63. The number of unbranched alkanes of at least 4 members (excludes halogenated alkanes) is 3. The van der Waals surface area contributed by atoms with Gasteiger partial charge in [0, 0.05) is 60.2 Å². The highest BCUT2D eigenvalue weighted by molar-refractivity contribution is 6.33. The number of aromatic nitrogens is 1. The summed E-state index contributed by atoms with van der Waals surface area (Å²) in [6.45, 7) is 3.75. The van der Waals surface area contributed by atoms with Gasteiger partial charge in [-0.05, 0) is 99.5 Å². The van der Waals surface area contributed by atoms with Crippen molar-refractivity contribution in [1.82, 2.24) is 15.2 Å². The zero-order valence-electron chi connectivity index (χ0n) is 36.8. The van der Waals surface area contributed by atoms with Crippen LogP contribution in [0.5, 0.6) is 11.5 Å². The van der Waals surface area contributed by atoms with Gasteiger partial charge in [-0.15, -0.1) is 0 Å². The first-order chi connectivity index (χ1) is 30.0. The van der Waals surface area contributed by atoms with E-state index in [9.17, 15) is 29.7 Å². The van der Waals surface area contributed by atoms with E-state index in [1.165, 1.54) is 44.9 Å². The number of aromatic amines is 1. The van der Waals surface area contributed by atoms with E-state index in [2.05, 4.69) is 34.5 Å². The minimum Gasteiger partial charge on any atom is -0.506 e. The number of carbonyl (C=O) groups excluding carboxylic acids is 1. The van der Waals surface area contributed by atoms with E-state index in [4.69, 9.17) is 16.3 Å². The molecule has 0 unspecified atom stereocenters. The molecule has 0 aliphatic heterocycles. The number of fused-ring (bicyclic) bond motifs is 1. The monoisotopic (exact) mass is 905 g/mol. The number of phenols is 1. The number of rotatable bonds is 20. The Labute approximate surface area is 378 Å². The molecule has 6 rings (SSSR count). The summed E-state index contributed by atoms with van der Waals surface area (Å²) in [4.78, 5) is 44.8. The molecule has 0 bridgehead atoms. The van der Waals surface area contributed by atoms with Crippen LogP contribution in [0.3, 0.4) is 0 Å². The third-order valence-corrected chi connectivity index (χ3v) is 12.4. The van der Waals surface area contributed by atoms with E-state index < -0.39 is 12.2 Å². The second-order valence-corrected chi connectivity index (χ2v) is 16.8. The van der Waals surface area contributed by atoms with Gasteiger partial charge in [0.1, 0.15) is 11.5 Å². The maximum atomic E-state index is 13.3. The van der Waals surface area contributed by atoms with Gasteiger partial charge in [-0.3, -0.25) is 23.9 Å². The van der Waals surface area contributed by atoms with Crippen LogP contribution < -0.4 is 25.8 Å². The van der Waals surface area contributed by atoms with Crippen molar-refractivity contribution in [2.24, 2.45) is 0 Å². The lowest BCUT2D eigenvalue weighted by Gasteiger charge is -2.39. The number of aromatic hydroxyl groups is 1. The molecule has 4 aromatic carbocycles. The lowest BCUT2D eigenvalue weighted by Crippen LogP contribution is -2.45. The predicted octanol–water partition coefficient (Wildman–Crippen LogP) is 9.96. The Morgan fingerprint density at radius 2 is 1.66 bits per heavy atom. The molecule has 2 amide bonds. The molecule has 15 heteroatoms. The second kappa shape index (κ2) is 24.5. The summed E-state index contributed by atoms with van der Waals surface area (Å²) in [5.74, 6) is 0.196. The third kappa shape index (κ3) is 13.0. The molecule has 346 valence electrons. The largest absolute Gasteiger partial charge is 0.506 e. The minimum absolute atomic E-state index is 0. The number of phenolic OH excluding ortho intramolecular Hbond substituents is 1. The number of methoxy groups -OCH3 is 1. The van der Waals surface area contributed by atoms with Crippen molar-refractivity contribution in [1.29, 1.82) is 0 Å². The molecule has 0 radical (unpaired) electrons. The zero-order valence-corrected chi connectivity index (χ0v) is 37.5. The molecule has 64 heavy (non-hydrogen) atoms. The molecular formula is C49H62ClF2N5O7. The van der Waals surface area contributed by atoms with Crippen LogP contribution in [-0.4, -0.2) is 76.5 Å². The van der Waals surface area contributed by atoms with Crippen molar-refractivity contribution in [3.63, 3.8) is 0 Å². The molecule has 1 heterocycles. The SMILES string of the molecule is CCCCCCN(C)C1CCC(N(C(=O)O)c2cc(CCCC(=O)Nc3cc(OC)c(CNC[C@@H](O)c4ccc(O)c5[nH]c(=O)ccc45)cc3Cl)ccc2-c2ccccc2)CC1.F.F. The number of carbonyl (C=O) groups is 2. The van der Waals surface area contributed by atoms with Gasteiger partial charge < -0.3 is 40.6 Å². The molecule has 1 fully saturated rings. The molecule has 5 aromatic rings. The number of anilines is 2. The number of aryl methyl sites for hydroxylation is 1. The van der Waals surface area contributed by atoms with Gasteiger partial charge >= 0.3 is 6.09 Å². The number of aliphatic hydroxyl groups excluding tert-OH is 1. The third-order valence-electron chi connectivity index (χ3n) is 12.1. The van der Waals surface area contributed by atoms with E-state index in [1.807, 2.05) is 48.5 Å². The maximum absolute atomic E-state index is 13.3. The molecule has 12 nitrogen and oxygen atoms in total. The Hall–Kier alpha value is -5.54. The first-order valence-electron chi connectivity index (χ1n) is 21.8. The number of halogens is 3. The van der Waals surface area contributed by atoms with E-state index in [1.54, 1.807) is 29.2 Å². The van der Waals surface area contributed by atoms with Gasteiger partial charge in [-0.1, -0.05) is 86.3 Å². The number of carboxylic acid groups (broad SMARTS) is 1. The highest BCUT2D eigenvalue weighted by atomic mass is 35.5. The topological polar surface area (TPSA) is 167 Å². The fourth-order valence-electron chi connectivity index (χ4n) is 8.66. The van der Waals surface area contributed by atoms with E-state index in [0.717, 1.165) is 48.9 Å². The molecule has 1 atom stereocenters. The van der Waals surface area contributed by atoms with Crippen LogP contribution in [0.4, 0.5) is 25.6 Å². The van der Waals surface area contributed by atoms with Crippen molar-refractivity contribution in [3.05, 3.63) is 117 Å². The van der Waals surface area contributed by atoms with Crippen LogP contribution in [0.25, 0.3) is 22.0 Å². The average Bonchev–Trinajstić information content (AvgIpc) is 3.26. The summed E-state index contributed by atoms with van der Waals surface area (Å²) >= 11 is 6.66. The van der Waals surface area contributed by atoms with Crippen LogP contribution in [-0.2, 0) is 17.8 Å². The summed E-state index contributed by atoms with van der Waals surface area (Å²) in [7, 11) is 3.73. The van der Waals surface area contributed by atoms with Gasteiger partial charge in [-0.25, -0.2) is 4.79 Å². The van der Waals surface area contributed by atoms with Gasteiger partial charge in [0.25, 0.3) is 0 Å². The van der Waals surface area contributed by atoms with E-state index in [0.29, 0.717) is 64.1 Å². The highest BCUT2D eigenvalue weighted by Gasteiger charge is 2.33. The number of benzene rings is 4. The highest BCUT2D eigenvalue weighted by Crippen LogP contribution is 2.38. The zero-order chi connectivity index (χ0) is 44.2. The summed E-state index contributed by atoms with van der Waals surface area (Å²) in [5.41, 5.74) is 5.02. The van der Waals surface area contributed by atoms with Gasteiger partial charge in [-0.2, -0.15) is 0 Å². The lowest BCUT2D eigenvalue weighted by atomic mass is 9.88. The molecule has 1 saturated carbocycles. The number of pyridine rings is 1.